The van der Waals surface area contributed by atoms with Crippen LogP contribution in [0.25, 0.3) is 16.7 Å². The summed E-state index contributed by atoms with van der Waals surface area (Å²) in [6.07, 6.45) is 30.6. The van der Waals surface area contributed by atoms with Gasteiger partial charge in [0.2, 0.25) is 0 Å². The average Bonchev–Trinajstić information content (AvgIpc) is 4.36. The molecule has 0 saturated carbocycles. The standard InChI is InChI=1S/3C18H9F4N2O.In/c3*1-2-9-25-18-16(21)14(19)13(15(20)17(18)22)12(10-5-3-7-23-10)11-6-4-8-24-11;/h3*1,3-8H,9H2;/q3*-1;+3. The minimum absolute atomic E-state index is 0.301. The summed E-state index contributed by atoms with van der Waals surface area (Å²) in [5, 5.41) is 0. The Hall–Kier alpha value is -8.94. The maximum absolute atomic E-state index is 16.7. The van der Waals surface area contributed by atoms with Gasteiger partial charge in [-0.25, -0.2) is 0 Å². The van der Waals surface area contributed by atoms with E-state index in [9.17, 15) is 0 Å². The Morgan fingerprint density at radius 1 is 0.408 bits per heavy atom. The van der Waals surface area contributed by atoms with Crippen LogP contribution in [0.2, 0.25) is 0 Å². The number of rotatable bonds is 15. The van der Waals surface area contributed by atoms with E-state index in [0.717, 1.165) is 0 Å². The van der Waals surface area contributed by atoms with Crippen LogP contribution in [-0.4, -0.2) is 68.4 Å². The van der Waals surface area contributed by atoms with Crippen LogP contribution in [0.4, 0.5) is 52.7 Å². The molecule has 6 aromatic rings. The number of terminal acetylenes is 3. The first-order valence-electron chi connectivity index (χ1n) is 21.8. The molecule has 0 aliphatic carbocycles. The summed E-state index contributed by atoms with van der Waals surface area (Å²) in [7, 11) is 0. The number of nitrogens with zero attached hydrogens (tertiary/aromatic N) is 6. The molecule has 3 aromatic carbocycles. The van der Waals surface area contributed by atoms with Crippen molar-refractivity contribution in [2.45, 2.75) is 0 Å². The number of hydrogen-bond acceptors (Lipinski definition) is 6. The summed E-state index contributed by atoms with van der Waals surface area (Å²) in [5.74, 6) is -22.6. The number of ether oxygens (including phenoxy) is 3. The number of benzene rings is 3. The summed E-state index contributed by atoms with van der Waals surface area (Å²) < 4.78 is 214. The van der Waals surface area contributed by atoms with Crippen molar-refractivity contribution < 1.29 is 66.9 Å². The van der Waals surface area contributed by atoms with Gasteiger partial charge in [-0.3, -0.25) is 0 Å². The molecule has 0 saturated heterocycles. The van der Waals surface area contributed by atoms with Crippen molar-refractivity contribution in [3.63, 3.8) is 0 Å². The van der Waals surface area contributed by atoms with Crippen molar-refractivity contribution >= 4 is 57.7 Å². The quantitative estimate of drug-likeness (QED) is 0.0584. The Morgan fingerprint density at radius 2 is 0.658 bits per heavy atom. The molecular formula is C54H27F12InN6O3. The molecule has 3 aromatic heterocycles. The molecule has 9 rings (SSSR count). The van der Waals surface area contributed by atoms with E-state index in [-0.39, 0.29) is 34.2 Å². The number of aromatic nitrogens is 3. The van der Waals surface area contributed by atoms with Crippen LogP contribution in [0.3, 0.4) is 0 Å². The first-order valence-corrected chi connectivity index (χ1v) is 26.2. The van der Waals surface area contributed by atoms with Gasteiger partial charge in [0.15, 0.2) is 0 Å². The van der Waals surface area contributed by atoms with E-state index in [1.807, 2.05) is 17.8 Å². The second-order valence-corrected chi connectivity index (χ2v) is 22.5. The zero-order valence-corrected chi connectivity index (χ0v) is 41.6. The summed E-state index contributed by atoms with van der Waals surface area (Å²) in [4.78, 5) is 12.6. The number of aliphatic imine (C=N–C) groups is 3. The summed E-state index contributed by atoms with van der Waals surface area (Å²) in [5.41, 5.74) is -7.71. The first-order chi connectivity index (χ1) is 36.7. The van der Waals surface area contributed by atoms with Gasteiger partial charge < -0.3 is 0 Å². The van der Waals surface area contributed by atoms with E-state index in [4.69, 9.17) is 33.5 Å². The summed E-state index contributed by atoms with van der Waals surface area (Å²) in [6.45, 7) is -2.43. The SMILES string of the molecule is C#CCOc1c(F)c(F)c(C(=C2C=CC=N2)c2ccc[n]2[In]([n]2cccc2C(=C2C=CC=N2)c2c(F)c(F)c(OCC#C)c(F)c2F)[n]2cccc2C(=C2C=CC=N2)c2c(F)c(F)c(OCC#C)c(F)c2F)c(F)c1F. The fourth-order valence-corrected chi connectivity index (χ4v) is 17.0. The zero-order valence-electron chi connectivity index (χ0n) is 38.3. The Kier molecular flexibility index (Phi) is 14.7. The van der Waals surface area contributed by atoms with Gasteiger partial charge in [-0.05, 0) is 0 Å². The van der Waals surface area contributed by atoms with E-state index in [1.54, 1.807) is 0 Å². The van der Waals surface area contributed by atoms with Crippen molar-refractivity contribution in [2.24, 2.45) is 15.0 Å². The maximum atomic E-state index is 16.7. The van der Waals surface area contributed by atoms with E-state index >= 15 is 52.7 Å². The van der Waals surface area contributed by atoms with Crippen LogP contribution in [0.1, 0.15) is 33.8 Å². The number of hydrogen-bond donors (Lipinski definition) is 0. The molecule has 3 aliphatic rings. The molecule has 0 unspecified atom stereocenters. The number of allylic oxidation sites excluding steroid dienone is 6. The van der Waals surface area contributed by atoms with Crippen LogP contribution in [0.15, 0.2) is 124 Å². The Labute approximate surface area is 431 Å². The topological polar surface area (TPSA) is 79.6 Å². The van der Waals surface area contributed by atoms with Crippen LogP contribution < -0.4 is 14.2 Å². The van der Waals surface area contributed by atoms with Crippen LogP contribution in [-0.2, 0) is 0 Å². The molecule has 0 spiro atoms. The first kappa shape index (κ1) is 51.9. The monoisotopic (exact) mass is 1150 g/mol. The Balaban J connectivity index is 1.39. The average molecular weight is 1150 g/mol. The van der Waals surface area contributed by atoms with Gasteiger partial charge in [0, 0.05) is 0 Å². The second-order valence-electron chi connectivity index (χ2n) is 15.8. The van der Waals surface area contributed by atoms with Gasteiger partial charge in [-0.15, -0.1) is 0 Å². The van der Waals surface area contributed by atoms with Gasteiger partial charge in [-0.1, -0.05) is 0 Å². The zero-order chi connectivity index (χ0) is 54.1. The second kappa shape index (κ2) is 21.5. The van der Waals surface area contributed by atoms with Gasteiger partial charge in [0.05, 0.1) is 0 Å². The van der Waals surface area contributed by atoms with Gasteiger partial charge in [0.25, 0.3) is 0 Å². The molecule has 6 heterocycles. The fraction of sp³-hybridized carbons (Fsp3) is 0.0556. The molecule has 0 bridgehead atoms. The molecule has 3 aliphatic heterocycles. The predicted molar refractivity (Wildman–Crippen MR) is 258 cm³/mol. The van der Waals surface area contributed by atoms with E-state index in [0.29, 0.717) is 0 Å². The molecular weight excluding hydrogens is 1120 g/mol. The van der Waals surface area contributed by atoms with Gasteiger partial charge in [-0.2, -0.15) is 0 Å². The van der Waals surface area contributed by atoms with Crippen molar-refractivity contribution in [1.29, 1.82) is 0 Å². The van der Waals surface area contributed by atoms with Crippen molar-refractivity contribution in [3.05, 3.63) is 212 Å². The molecule has 0 atom stereocenters. The van der Waals surface area contributed by atoms with Gasteiger partial charge in [0.1, 0.15) is 0 Å². The molecule has 0 fully saturated rings. The van der Waals surface area contributed by atoms with Crippen molar-refractivity contribution in [1.82, 2.24) is 7.66 Å². The van der Waals surface area contributed by atoms with E-state index in [2.05, 4.69) is 15.0 Å². The molecule has 9 nitrogen and oxygen atoms in total. The van der Waals surface area contributed by atoms with Crippen LogP contribution in [0.5, 0.6) is 17.2 Å². The van der Waals surface area contributed by atoms with Crippen LogP contribution in [0, 0.1) is 107 Å². The summed E-state index contributed by atoms with van der Waals surface area (Å²) in [6, 6.07) is 7.65. The third kappa shape index (κ3) is 8.81. The third-order valence-corrected chi connectivity index (χ3v) is 19.7. The van der Waals surface area contributed by atoms with E-state index < -0.39 is 163 Å². The molecule has 76 heavy (non-hydrogen) atoms. The third-order valence-electron chi connectivity index (χ3n) is 11.6. The van der Waals surface area contributed by atoms with Crippen molar-refractivity contribution in [2.75, 3.05) is 19.8 Å². The number of halogens is 12. The van der Waals surface area contributed by atoms with Crippen molar-refractivity contribution in [3.8, 4) is 54.3 Å². The molecule has 0 radical (unpaired) electrons. The minimum atomic E-state index is -5.40. The molecule has 0 N–H and O–H groups in total. The molecule has 22 heteroatoms. The van der Waals surface area contributed by atoms with E-state index in [1.165, 1.54) is 118 Å². The van der Waals surface area contributed by atoms with Gasteiger partial charge >= 0.3 is 433 Å². The van der Waals surface area contributed by atoms with Crippen LogP contribution >= 0.6 is 0 Å². The Morgan fingerprint density at radius 3 is 0.868 bits per heavy atom. The normalized spacial score (nSPS) is 15.1. The fourth-order valence-electron chi connectivity index (χ4n) is 8.55. The predicted octanol–water partition coefficient (Wildman–Crippen LogP) is 10.9. The molecule has 378 valence electrons. The molecule has 0 amide bonds. The summed E-state index contributed by atoms with van der Waals surface area (Å²) >= 11 is -5.40. The Bertz CT molecular complexity index is 3350.